The molecule has 1 atom stereocenters. The van der Waals surface area contributed by atoms with Gasteiger partial charge in [0.2, 0.25) is 5.95 Å². The molecule has 1 aromatic carbocycles. The lowest BCUT2D eigenvalue weighted by molar-refractivity contribution is -0.141. The van der Waals surface area contributed by atoms with Crippen molar-refractivity contribution in [1.82, 2.24) is 14.9 Å². The highest BCUT2D eigenvalue weighted by Gasteiger charge is 2.31. The van der Waals surface area contributed by atoms with Crippen molar-refractivity contribution in [3.8, 4) is 11.5 Å². The molecule has 0 radical (unpaired) electrons. The molecule has 2 fully saturated rings. The van der Waals surface area contributed by atoms with Gasteiger partial charge in [-0.15, -0.1) is 12.4 Å². The summed E-state index contributed by atoms with van der Waals surface area (Å²) in [5.74, 6) is 2.21. The SMILES string of the molecule is COc1cc2nc(N3CCN(C(=O)C4CCCO4)CC3)nc(N)c2cc1OC.Cl.O.O.O.O. The van der Waals surface area contributed by atoms with E-state index in [2.05, 4.69) is 9.97 Å². The highest BCUT2D eigenvalue weighted by atomic mass is 35.5. The van der Waals surface area contributed by atoms with Gasteiger partial charge in [-0.2, -0.15) is 4.98 Å². The summed E-state index contributed by atoms with van der Waals surface area (Å²) in [6.45, 7) is 3.21. The molecule has 2 aromatic rings. The van der Waals surface area contributed by atoms with Crippen molar-refractivity contribution >= 4 is 41.0 Å². The molecule has 4 rings (SSSR count). The number of fused-ring (bicyclic) bond motifs is 1. The van der Waals surface area contributed by atoms with Crippen molar-refractivity contribution in [3.63, 3.8) is 0 Å². The first-order valence-corrected chi connectivity index (χ1v) is 9.45. The third-order valence-corrected chi connectivity index (χ3v) is 5.30. The largest absolute Gasteiger partial charge is 0.493 e. The number of methoxy groups -OCH3 is 2. The lowest BCUT2D eigenvalue weighted by Gasteiger charge is -2.35. The number of nitrogens with zero attached hydrogens (tertiary/aromatic N) is 4. The maximum Gasteiger partial charge on any atom is 0.251 e. The number of carbonyl (C=O) groups is 1. The van der Waals surface area contributed by atoms with Crippen molar-refractivity contribution in [2.45, 2.75) is 18.9 Å². The fourth-order valence-corrected chi connectivity index (χ4v) is 3.71. The summed E-state index contributed by atoms with van der Waals surface area (Å²) < 4.78 is 16.2. The number of nitrogen functional groups attached to an aromatic ring is 1. The molecule has 1 aromatic heterocycles. The minimum absolute atomic E-state index is 0. The van der Waals surface area contributed by atoms with Crippen LogP contribution in [0.1, 0.15) is 12.8 Å². The highest BCUT2D eigenvalue weighted by Crippen LogP contribution is 2.34. The zero-order valence-electron chi connectivity index (χ0n) is 18.6. The van der Waals surface area contributed by atoms with E-state index in [1.807, 2.05) is 9.80 Å². The maximum absolute atomic E-state index is 12.5. The van der Waals surface area contributed by atoms with Gasteiger partial charge < -0.3 is 51.6 Å². The number of hydrogen-bond acceptors (Lipinski definition) is 8. The average Bonchev–Trinajstić information content (AvgIpc) is 3.27. The predicted molar refractivity (Wildman–Crippen MR) is 127 cm³/mol. The Morgan fingerprint density at radius 3 is 2.18 bits per heavy atom. The van der Waals surface area contributed by atoms with E-state index in [1.165, 1.54) is 0 Å². The van der Waals surface area contributed by atoms with E-state index >= 15 is 0 Å². The summed E-state index contributed by atoms with van der Waals surface area (Å²) >= 11 is 0. The van der Waals surface area contributed by atoms with Gasteiger partial charge in [0.1, 0.15) is 11.9 Å². The molecule has 2 aliphatic heterocycles. The molecule has 0 aliphatic carbocycles. The molecule has 10 N–H and O–H groups in total. The highest BCUT2D eigenvalue weighted by molar-refractivity contribution is 5.91. The second-order valence-electron chi connectivity index (χ2n) is 6.95. The smallest absolute Gasteiger partial charge is 0.251 e. The molecule has 0 bridgehead atoms. The summed E-state index contributed by atoms with van der Waals surface area (Å²) in [5.41, 5.74) is 6.87. The Kier molecular flexibility index (Phi) is 13.6. The van der Waals surface area contributed by atoms with Crippen LogP contribution in [0.3, 0.4) is 0 Å². The standard InChI is InChI=1S/C19H25N5O4.ClH.4H2O/c1-26-15-10-12-13(11-16(15)27-2)21-19(22-17(12)20)24-7-5-23(6-8-24)18(25)14-4-3-9-28-14;;;;;/h10-11,14H,3-9H2,1-2H3,(H2,20,21,22);1H;4*1H2. The van der Waals surface area contributed by atoms with Gasteiger partial charge in [-0.3, -0.25) is 4.79 Å². The first-order chi connectivity index (χ1) is 13.6. The lowest BCUT2D eigenvalue weighted by Crippen LogP contribution is -2.51. The van der Waals surface area contributed by atoms with E-state index in [0.29, 0.717) is 67.0 Å². The fourth-order valence-electron chi connectivity index (χ4n) is 3.71. The first kappa shape index (κ1) is 32.5. The van der Waals surface area contributed by atoms with Crippen molar-refractivity contribution in [3.05, 3.63) is 12.1 Å². The van der Waals surface area contributed by atoms with Gasteiger partial charge >= 0.3 is 0 Å². The summed E-state index contributed by atoms with van der Waals surface area (Å²) in [5, 5.41) is 0.716. The van der Waals surface area contributed by atoms with Crippen molar-refractivity contribution in [1.29, 1.82) is 0 Å². The number of nitrogens with two attached hydrogens (primary N) is 1. The van der Waals surface area contributed by atoms with Gasteiger partial charge in [0, 0.05) is 44.2 Å². The van der Waals surface area contributed by atoms with Crippen molar-refractivity contribution < 1.29 is 40.9 Å². The van der Waals surface area contributed by atoms with Crippen LogP contribution in [0.15, 0.2) is 12.1 Å². The number of rotatable bonds is 4. The van der Waals surface area contributed by atoms with Crippen LogP contribution in [0, 0.1) is 0 Å². The van der Waals surface area contributed by atoms with E-state index < -0.39 is 0 Å². The normalized spacial score (nSPS) is 16.8. The molecule has 13 nitrogen and oxygen atoms in total. The van der Waals surface area contributed by atoms with Gasteiger partial charge in [0.05, 0.1) is 19.7 Å². The number of hydrogen-bond donors (Lipinski definition) is 1. The first-order valence-electron chi connectivity index (χ1n) is 9.45. The average molecular weight is 496 g/mol. The Morgan fingerprint density at radius 2 is 1.64 bits per heavy atom. The van der Waals surface area contributed by atoms with Crippen LogP contribution in [0.25, 0.3) is 10.9 Å². The molecule has 3 heterocycles. The Bertz CT molecular complexity index is 892. The van der Waals surface area contributed by atoms with E-state index in [4.69, 9.17) is 19.9 Å². The summed E-state index contributed by atoms with van der Waals surface area (Å²) in [6.07, 6.45) is 1.49. The third kappa shape index (κ3) is 6.43. The minimum Gasteiger partial charge on any atom is -0.493 e. The molecule has 14 heteroatoms. The topological polar surface area (TPSA) is 229 Å². The molecule has 2 aliphatic rings. The zero-order valence-corrected chi connectivity index (χ0v) is 19.4. The number of halogens is 1. The molecule has 0 spiro atoms. The van der Waals surface area contributed by atoms with Crippen LogP contribution in [0.2, 0.25) is 0 Å². The summed E-state index contributed by atoms with van der Waals surface area (Å²) in [7, 11) is 3.16. The molecule has 0 saturated carbocycles. The van der Waals surface area contributed by atoms with E-state index in [-0.39, 0.29) is 46.3 Å². The second-order valence-corrected chi connectivity index (χ2v) is 6.95. The molecular formula is C19H34ClN5O8. The number of benzene rings is 1. The maximum atomic E-state index is 12.5. The number of anilines is 2. The second kappa shape index (κ2) is 13.8. The monoisotopic (exact) mass is 495 g/mol. The van der Waals surface area contributed by atoms with Crippen LogP contribution < -0.4 is 20.1 Å². The number of amides is 1. The van der Waals surface area contributed by atoms with Crippen LogP contribution in [-0.4, -0.2) is 95.8 Å². The Labute approximate surface area is 197 Å². The van der Waals surface area contributed by atoms with Gasteiger partial charge in [0.25, 0.3) is 5.91 Å². The van der Waals surface area contributed by atoms with Gasteiger partial charge in [-0.1, -0.05) is 0 Å². The van der Waals surface area contributed by atoms with E-state index in [1.54, 1.807) is 26.4 Å². The zero-order chi connectivity index (χ0) is 19.7. The number of piperazine rings is 1. The molecular weight excluding hydrogens is 462 g/mol. The van der Waals surface area contributed by atoms with Crippen molar-refractivity contribution in [2.75, 3.05) is 57.6 Å². The third-order valence-electron chi connectivity index (χ3n) is 5.30. The minimum atomic E-state index is -0.276. The van der Waals surface area contributed by atoms with Gasteiger partial charge in [0.15, 0.2) is 11.5 Å². The quantitative estimate of drug-likeness (QED) is 0.505. The number of carbonyl (C=O) groups excluding carboxylic acids is 1. The molecule has 1 amide bonds. The number of ether oxygens (including phenoxy) is 3. The molecule has 33 heavy (non-hydrogen) atoms. The summed E-state index contributed by atoms with van der Waals surface area (Å²) in [4.78, 5) is 25.6. The Morgan fingerprint density at radius 1 is 1.03 bits per heavy atom. The van der Waals surface area contributed by atoms with E-state index in [9.17, 15) is 4.79 Å². The van der Waals surface area contributed by atoms with E-state index in [0.717, 1.165) is 12.8 Å². The van der Waals surface area contributed by atoms with Crippen molar-refractivity contribution in [2.24, 2.45) is 0 Å². The van der Waals surface area contributed by atoms with Crippen LogP contribution in [0.4, 0.5) is 11.8 Å². The van der Waals surface area contributed by atoms with Crippen LogP contribution in [0.5, 0.6) is 11.5 Å². The van der Waals surface area contributed by atoms with Crippen LogP contribution >= 0.6 is 12.4 Å². The number of aromatic nitrogens is 2. The predicted octanol–water partition coefficient (Wildman–Crippen LogP) is -1.82. The van der Waals surface area contributed by atoms with Crippen LogP contribution in [-0.2, 0) is 9.53 Å². The Balaban J connectivity index is 0. The summed E-state index contributed by atoms with van der Waals surface area (Å²) in [6, 6.07) is 3.58. The van der Waals surface area contributed by atoms with Gasteiger partial charge in [-0.05, 0) is 18.9 Å². The lowest BCUT2D eigenvalue weighted by atomic mass is 10.2. The van der Waals surface area contributed by atoms with Gasteiger partial charge in [-0.25, -0.2) is 4.98 Å². The molecule has 1 unspecified atom stereocenters. The molecule has 190 valence electrons. The fraction of sp³-hybridized carbons (Fsp3) is 0.526. The molecule has 2 saturated heterocycles. The Hall–Kier alpha value is -2.68.